The Kier molecular flexibility index (Phi) is 6.11. The van der Waals surface area contributed by atoms with Crippen molar-refractivity contribution in [3.63, 3.8) is 0 Å². The van der Waals surface area contributed by atoms with E-state index in [1.165, 1.54) is 0 Å². The molecule has 0 saturated heterocycles. The van der Waals surface area contributed by atoms with Crippen LogP contribution in [0.4, 0.5) is 0 Å². The zero-order chi connectivity index (χ0) is 18.4. The second-order valence-corrected chi connectivity index (χ2v) is 5.39. The van der Waals surface area contributed by atoms with Gasteiger partial charge >= 0.3 is 0 Å². The van der Waals surface area contributed by atoms with Gasteiger partial charge in [0.05, 0.1) is 28.4 Å². The van der Waals surface area contributed by atoms with Gasteiger partial charge < -0.3 is 24.3 Å². The lowest BCUT2D eigenvalue weighted by atomic mass is 10.1. The fourth-order valence-corrected chi connectivity index (χ4v) is 2.49. The number of nitrogens with one attached hydrogen (secondary N) is 1. The number of aryl methyl sites for hydroxylation is 1. The van der Waals surface area contributed by atoms with E-state index in [1.807, 2.05) is 25.1 Å². The third-order valence-corrected chi connectivity index (χ3v) is 3.88. The second-order valence-electron chi connectivity index (χ2n) is 5.39. The van der Waals surface area contributed by atoms with E-state index in [-0.39, 0.29) is 5.91 Å². The minimum atomic E-state index is -0.187. The molecular formula is C19H23NO5. The number of carbonyl (C=O) groups is 1. The van der Waals surface area contributed by atoms with Crippen LogP contribution < -0.4 is 24.3 Å². The van der Waals surface area contributed by atoms with Gasteiger partial charge in [-0.15, -0.1) is 0 Å². The van der Waals surface area contributed by atoms with Crippen LogP contribution >= 0.6 is 0 Å². The molecule has 0 spiro atoms. The van der Waals surface area contributed by atoms with Crippen LogP contribution in [0.2, 0.25) is 0 Å². The maximum Gasteiger partial charge on any atom is 0.251 e. The van der Waals surface area contributed by atoms with Gasteiger partial charge in [-0.3, -0.25) is 4.79 Å². The first-order valence-electron chi connectivity index (χ1n) is 7.75. The lowest BCUT2D eigenvalue weighted by molar-refractivity contribution is 0.0950. The van der Waals surface area contributed by atoms with Gasteiger partial charge in [0, 0.05) is 12.1 Å². The van der Waals surface area contributed by atoms with E-state index in [9.17, 15) is 4.79 Å². The third kappa shape index (κ3) is 4.15. The van der Waals surface area contributed by atoms with Crippen molar-refractivity contribution in [2.75, 3.05) is 28.4 Å². The number of carbonyl (C=O) groups excluding carboxylic acids is 1. The molecule has 0 aliphatic carbocycles. The summed E-state index contributed by atoms with van der Waals surface area (Å²) in [5.41, 5.74) is 2.25. The Bertz CT molecular complexity index is 758. The van der Waals surface area contributed by atoms with E-state index in [2.05, 4.69) is 5.32 Å². The number of hydrogen-bond donors (Lipinski definition) is 1. The van der Waals surface area contributed by atoms with Crippen molar-refractivity contribution < 1.29 is 23.7 Å². The average molecular weight is 345 g/mol. The Balaban J connectivity index is 2.15. The van der Waals surface area contributed by atoms with Crippen LogP contribution in [-0.4, -0.2) is 34.3 Å². The first kappa shape index (κ1) is 18.4. The van der Waals surface area contributed by atoms with Crippen LogP contribution in [0.3, 0.4) is 0 Å². The molecule has 0 heterocycles. The Hall–Kier alpha value is -2.89. The summed E-state index contributed by atoms with van der Waals surface area (Å²) in [6, 6.07) is 8.98. The lowest BCUT2D eigenvalue weighted by Gasteiger charge is -2.13. The first-order valence-corrected chi connectivity index (χ1v) is 7.75. The van der Waals surface area contributed by atoms with Crippen molar-refractivity contribution in [2.45, 2.75) is 13.5 Å². The maximum absolute atomic E-state index is 12.5. The van der Waals surface area contributed by atoms with Crippen LogP contribution in [-0.2, 0) is 6.54 Å². The summed E-state index contributed by atoms with van der Waals surface area (Å²) in [6.07, 6.45) is 0. The van der Waals surface area contributed by atoms with E-state index >= 15 is 0 Å². The third-order valence-electron chi connectivity index (χ3n) is 3.88. The number of ether oxygens (including phenoxy) is 4. The SMILES string of the molecule is COc1ccc(CNC(=O)c2cc(OC)c(OC)cc2C)cc1OC. The number of benzene rings is 2. The molecule has 0 bridgehead atoms. The van der Waals surface area contributed by atoms with Gasteiger partial charge in [-0.25, -0.2) is 0 Å². The van der Waals surface area contributed by atoms with Crippen molar-refractivity contribution >= 4 is 5.91 Å². The van der Waals surface area contributed by atoms with E-state index in [1.54, 1.807) is 40.6 Å². The van der Waals surface area contributed by atoms with Crippen molar-refractivity contribution in [1.29, 1.82) is 0 Å². The monoisotopic (exact) mass is 345 g/mol. The number of hydrogen-bond acceptors (Lipinski definition) is 5. The number of amides is 1. The van der Waals surface area contributed by atoms with Gasteiger partial charge in [-0.2, -0.15) is 0 Å². The van der Waals surface area contributed by atoms with Crippen molar-refractivity contribution in [2.24, 2.45) is 0 Å². The molecule has 0 aliphatic rings. The normalized spacial score (nSPS) is 10.1. The van der Waals surface area contributed by atoms with E-state index in [4.69, 9.17) is 18.9 Å². The molecule has 2 aromatic carbocycles. The summed E-state index contributed by atoms with van der Waals surface area (Å²) in [5.74, 6) is 2.19. The van der Waals surface area contributed by atoms with Crippen LogP contribution in [0.5, 0.6) is 23.0 Å². The van der Waals surface area contributed by atoms with Crippen LogP contribution in [0.25, 0.3) is 0 Å². The molecule has 1 N–H and O–H groups in total. The summed E-state index contributed by atoms with van der Waals surface area (Å²) >= 11 is 0. The Morgan fingerprint density at radius 2 is 1.40 bits per heavy atom. The summed E-state index contributed by atoms with van der Waals surface area (Å²) < 4.78 is 21.0. The van der Waals surface area contributed by atoms with Crippen molar-refractivity contribution in [1.82, 2.24) is 5.32 Å². The molecule has 0 saturated carbocycles. The Morgan fingerprint density at radius 1 is 0.840 bits per heavy atom. The quantitative estimate of drug-likeness (QED) is 0.836. The zero-order valence-corrected chi connectivity index (χ0v) is 15.1. The van der Waals surface area contributed by atoms with Crippen LogP contribution in [0.15, 0.2) is 30.3 Å². The van der Waals surface area contributed by atoms with Crippen molar-refractivity contribution in [3.8, 4) is 23.0 Å². The molecule has 0 fully saturated rings. The van der Waals surface area contributed by atoms with Gasteiger partial charge in [-0.05, 0) is 42.3 Å². The van der Waals surface area contributed by atoms with Crippen LogP contribution in [0, 0.1) is 6.92 Å². The second kappa shape index (κ2) is 8.28. The molecule has 0 atom stereocenters. The minimum absolute atomic E-state index is 0.187. The summed E-state index contributed by atoms with van der Waals surface area (Å²) in [6.45, 7) is 2.22. The highest BCUT2D eigenvalue weighted by molar-refractivity contribution is 5.96. The van der Waals surface area contributed by atoms with E-state index in [0.717, 1.165) is 11.1 Å². The molecule has 0 aromatic heterocycles. The molecule has 1 amide bonds. The molecule has 6 nitrogen and oxygen atoms in total. The molecule has 2 aromatic rings. The topological polar surface area (TPSA) is 66.0 Å². The predicted octanol–water partition coefficient (Wildman–Crippen LogP) is 2.96. The molecule has 0 unspecified atom stereocenters. The average Bonchev–Trinajstić information content (AvgIpc) is 2.65. The standard InChI is InChI=1S/C19H23NO5/c1-12-8-16(23-3)18(25-5)10-14(12)19(21)20-11-13-6-7-15(22-2)17(9-13)24-4/h6-10H,11H2,1-5H3,(H,20,21). The molecular weight excluding hydrogens is 322 g/mol. The van der Waals surface area contributed by atoms with Crippen LogP contribution in [0.1, 0.15) is 21.5 Å². The van der Waals surface area contributed by atoms with Gasteiger partial charge in [0.2, 0.25) is 0 Å². The molecule has 0 aliphatic heterocycles. The van der Waals surface area contributed by atoms with Crippen molar-refractivity contribution in [3.05, 3.63) is 47.0 Å². The maximum atomic E-state index is 12.5. The molecule has 6 heteroatoms. The van der Waals surface area contributed by atoms with Gasteiger partial charge in [0.1, 0.15) is 0 Å². The lowest BCUT2D eigenvalue weighted by Crippen LogP contribution is -2.23. The largest absolute Gasteiger partial charge is 0.493 e. The number of rotatable bonds is 7. The number of methoxy groups -OCH3 is 4. The Morgan fingerprint density at radius 3 is 2.00 bits per heavy atom. The highest BCUT2D eigenvalue weighted by Gasteiger charge is 2.14. The van der Waals surface area contributed by atoms with Gasteiger partial charge in [0.15, 0.2) is 23.0 Å². The van der Waals surface area contributed by atoms with E-state index in [0.29, 0.717) is 35.1 Å². The molecule has 25 heavy (non-hydrogen) atoms. The smallest absolute Gasteiger partial charge is 0.251 e. The summed E-state index contributed by atoms with van der Waals surface area (Å²) in [5, 5.41) is 2.90. The fourth-order valence-electron chi connectivity index (χ4n) is 2.49. The highest BCUT2D eigenvalue weighted by atomic mass is 16.5. The highest BCUT2D eigenvalue weighted by Crippen LogP contribution is 2.30. The fraction of sp³-hybridized carbons (Fsp3) is 0.316. The van der Waals surface area contributed by atoms with Gasteiger partial charge in [-0.1, -0.05) is 6.07 Å². The van der Waals surface area contributed by atoms with E-state index < -0.39 is 0 Å². The van der Waals surface area contributed by atoms with Gasteiger partial charge in [0.25, 0.3) is 5.91 Å². The Labute approximate surface area is 147 Å². The zero-order valence-electron chi connectivity index (χ0n) is 15.1. The molecule has 2 rings (SSSR count). The minimum Gasteiger partial charge on any atom is -0.493 e. The molecule has 134 valence electrons. The summed E-state index contributed by atoms with van der Waals surface area (Å²) in [7, 11) is 6.26. The predicted molar refractivity (Wildman–Crippen MR) is 95.0 cm³/mol. The first-order chi connectivity index (χ1) is 12.0. The molecule has 0 radical (unpaired) electrons. The summed E-state index contributed by atoms with van der Waals surface area (Å²) in [4.78, 5) is 12.5.